The van der Waals surface area contributed by atoms with Crippen molar-refractivity contribution in [1.82, 2.24) is 4.90 Å². The van der Waals surface area contributed by atoms with E-state index in [4.69, 9.17) is 4.74 Å². The van der Waals surface area contributed by atoms with E-state index in [-0.39, 0.29) is 17.8 Å². The molecule has 1 aliphatic carbocycles. The molecule has 2 atom stereocenters. The van der Waals surface area contributed by atoms with Gasteiger partial charge >= 0.3 is 0 Å². The highest BCUT2D eigenvalue weighted by Gasteiger charge is 2.47. The summed E-state index contributed by atoms with van der Waals surface area (Å²) in [5, 5.41) is 0. The zero-order valence-corrected chi connectivity index (χ0v) is 15.7. The fraction of sp³-hybridized carbons (Fsp3) is 0.650. The maximum atomic E-state index is 12.3. The van der Waals surface area contributed by atoms with E-state index in [9.17, 15) is 4.79 Å². The standard InChI is InChI=1S/C20H29NO2.ClH/c1-3-4-11-21-12-10-20(14-18(22)9-8-17(20)15-21)16-6-5-7-19(13-16)23-2;/h5-7,13,17H,3-4,8-12,14-15H2,1-2H3;1H/t17-,20+;/m0./s1. The predicted molar refractivity (Wildman–Crippen MR) is 100 cm³/mol. The van der Waals surface area contributed by atoms with Crippen LogP contribution >= 0.6 is 12.4 Å². The van der Waals surface area contributed by atoms with Crippen LogP contribution in [-0.2, 0) is 10.2 Å². The Balaban J connectivity index is 0.00000208. The molecule has 0 spiro atoms. The van der Waals surface area contributed by atoms with E-state index in [0.29, 0.717) is 18.1 Å². The van der Waals surface area contributed by atoms with Crippen molar-refractivity contribution in [2.75, 3.05) is 26.7 Å². The van der Waals surface area contributed by atoms with Crippen molar-refractivity contribution >= 4 is 18.2 Å². The molecule has 1 aliphatic heterocycles. The quantitative estimate of drug-likeness (QED) is 0.795. The summed E-state index contributed by atoms with van der Waals surface area (Å²) in [6.45, 7) is 5.71. The largest absolute Gasteiger partial charge is 0.497 e. The topological polar surface area (TPSA) is 29.5 Å². The molecule has 24 heavy (non-hydrogen) atoms. The van der Waals surface area contributed by atoms with Crippen LogP contribution in [0.25, 0.3) is 0 Å². The Morgan fingerprint density at radius 3 is 2.96 bits per heavy atom. The Bertz CT molecular complexity index is 562. The van der Waals surface area contributed by atoms with Crippen molar-refractivity contribution in [3.05, 3.63) is 29.8 Å². The third kappa shape index (κ3) is 3.78. The summed E-state index contributed by atoms with van der Waals surface area (Å²) in [6, 6.07) is 8.43. The summed E-state index contributed by atoms with van der Waals surface area (Å²) in [5.74, 6) is 1.94. The van der Waals surface area contributed by atoms with Gasteiger partial charge in [0.25, 0.3) is 0 Å². The lowest BCUT2D eigenvalue weighted by Crippen LogP contribution is -2.53. The second-order valence-corrected chi connectivity index (χ2v) is 7.24. The number of ketones is 1. The van der Waals surface area contributed by atoms with Gasteiger partial charge in [0.1, 0.15) is 11.5 Å². The maximum absolute atomic E-state index is 12.3. The van der Waals surface area contributed by atoms with Crippen LogP contribution in [0.3, 0.4) is 0 Å². The van der Waals surface area contributed by atoms with E-state index in [1.54, 1.807) is 7.11 Å². The average molecular weight is 352 g/mol. The van der Waals surface area contributed by atoms with Crippen molar-refractivity contribution in [3.8, 4) is 5.75 Å². The lowest BCUT2D eigenvalue weighted by Gasteiger charge is -2.50. The number of ether oxygens (including phenoxy) is 1. The molecular weight excluding hydrogens is 322 g/mol. The molecular formula is C20H30ClNO2. The minimum Gasteiger partial charge on any atom is -0.497 e. The highest BCUT2D eigenvalue weighted by molar-refractivity contribution is 5.85. The molecule has 1 aromatic carbocycles. The van der Waals surface area contributed by atoms with Gasteiger partial charge < -0.3 is 9.64 Å². The number of hydrogen-bond donors (Lipinski definition) is 0. The number of methoxy groups -OCH3 is 1. The molecule has 2 fully saturated rings. The van der Waals surface area contributed by atoms with Crippen molar-refractivity contribution < 1.29 is 9.53 Å². The lowest BCUT2D eigenvalue weighted by atomic mass is 9.59. The van der Waals surface area contributed by atoms with Crippen LogP contribution in [0.15, 0.2) is 24.3 Å². The number of hydrogen-bond acceptors (Lipinski definition) is 3. The molecule has 0 aromatic heterocycles. The molecule has 1 heterocycles. The van der Waals surface area contributed by atoms with E-state index < -0.39 is 0 Å². The average Bonchev–Trinajstić information content (AvgIpc) is 2.59. The lowest BCUT2D eigenvalue weighted by molar-refractivity contribution is -0.125. The van der Waals surface area contributed by atoms with Crippen molar-refractivity contribution in [2.45, 2.75) is 50.9 Å². The molecule has 134 valence electrons. The van der Waals surface area contributed by atoms with Gasteiger partial charge in [0.15, 0.2) is 0 Å². The van der Waals surface area contributed by atoms with E-state index in [1.165, 1.54) is 24.9 Å². The molecule has 0 radical (unpaired) electrons. The van der Waals surface area contributed by atoms with Gasteiger partial charge in [-0.1, -0.05) is 25.5 Å². The number of fused-ring (bicyclic) bond motifs is 1. The van der Waals surface area contributed by atoms with Crippen molar-refractivity contribution in [2.24, 2.45) is 5.92 Å². The second kappa shape index (κ2) is 8.35. The van der Waals surface area contributed by atoms with Gasteiger partial charge in [-0.05, 0) is 56.0 Å². The molecule has 1 aromatic rings. The number of carbonyl (C=O) groups excluding carboxylic acids is 1. The first-order chi connectivity index (χ1) is 11.2. The number of piperidine rings is 1. The summed E-state index contributed by atoms with van der Waals surface area (Å²) in [4.78, 5) is 14.9. The van der Waals surface area contributed by atoms with E-state index in [2.05, 4.69) is 30.0 Å². The van der Waals surface area contributed by atoms with Crippen molar-refractivity contribution in [1.29, 1.82) is 0 Å². The highest BCUT2D eigenvalue weighted by Crippen LogP contribution is 2.48. The second-order valence-electron chi connectivity index (χ2n) is 7.24. The molecule has 3 rings (SSSR count). The predicted octanol–water partition coefficient (Wildman–Crippen LogP) is 4.23. The minimum absolute atomic E-state index is 0. The van der Waals surface area contributed by atoms with Crippen LogP contribution in [0, 0.1) is 5.92 Å². The maximum Gasteiger partial charge on any atom is 0.133 e. The normalized spacial score (nSPS) is 27.2. The van der Waals surface area contributed by atoms with Crippen LogP contribution in [0.1, 0.15) is 51.0 Å². The first kappa shape index (κ1) is 19.3. The molecule has 0 unspecified atom stereocenters. The smallest absolute Gasteiger partial charge is 0.133 e. The number of benzene rings is 1. The SMILES string of the molecule is CCCCN1CC[C@]2(c3cccc(OC)c3)CC(=O)CC[C@H]2C1.Cl. The summed E-state index contributed by atoms with van der Waals surface area (Å²) in [5.41, 5.74) is 1.34. The molecule has 0 N–H and O–H groups in total. The summed E-state index contributed by atoms with van der Waals surface area (Å²) >= 11 is 0. The van der Waals surface area contributed by atoms with Gasteiger partial charge in [0.2, 0.25) is 0 Å². The molecule has 0 amide bonds. The van der Waals surface area contributed by atoms with Gasteiger partial charge in [0.05, 0.1) is 7.11 Å². The third-order valence-electron chi connectivity index (χ3n) is 5.89. The number of Topliss-reactive ketones (excluding diaryl/α,β-unsaturated/α-hetero) is 1. The Morgan fingerprint density at radius 1 is 1.38 bits per heavy atom. The molecule has 0 bridgehead atoms. The monoisotopic (exact) mass is 351 g/mol. The number of unbranched alkanes of at least 4 members (excludes halogenated alkanes) is 1. The van der Waals surface area contributed by atoms with Crippen LogP contribution in [0.2, 0.25) is 0 Å². The number of likely N-dealkylation sites (tertiary alicyclic amines) is 1. The molecule has 2 aliphatic rings. The van der Waals surface area contributed by atoms with Gasteiger partial charge in [-0.25, -0.2) is 0 Å². The first-order valence-electron chi connectivity index (χ1n) is 9.06. The molecule has 4 heteroatoms. The summed E-state index contributed by atoms with van der Waals surface area (Å²) in [7, 11) is 1.72. The minimum atomic E-state index is 0. The number of nitrogens with zero attached hydrogens (tertiary/aromatic N) is 1. The Labute approximate surface area is 152 Å². The molecule has 1 saturated heterocycles. The molecule has 3 nitrogen and oxygen atoms in total. The summed E-state index contributed by atoms with van der Waals surface area (Å²) in [6.07, 6.45) is 6.14. The Hall–Kier alpha value is -1.06. The Kier molecular flexibility index (Phi) is 6.70. The van der Waals surface area contributed by atoms with Crippen LogP contribution in [0.5, 0.6) is 5.75 Å². The fourth-order valence-electron chi connectivity index (χ4n) is 4.51. The molecule has 1 saturated carbocycles. The van der Waals surface area contributed by atoms with Gasteiger partial charge in [-0.2, -0.15) is 0 Å². The Morgan fingerprint density at radius 2 is 2.21 bits per heavy atom. The number of halogens is 1. The van der Waals surface area contributed by atoms with E-state index in [1.807, 2.05) is 6.07 Å². The van der Waals surface area contributed by atoms with E-state index in [0.717, 1.165) is 38.1 Å². The number of carbonyl (C=O) groups is 1. The van der Waals surface area contributed by atoms with Gasteiger partial charge in [-0.3, -0.25) is 4.79 Å². The zero-order chi connectivity index (χ0) is 16.3. The fourth-order valence-corrected chi connectivity index (χ4v) is 4.51. The van der Waals surface area contributed by atoms with Crippen LogP contribution in [0.4, 0.5) is 0 Å². The van der Waals surface area contributed by atoms with E-state index >= 15 is 0 Å². The summed E-state index contributed by atoms with van der Waals surface area (Å²) < 4.78 is 5.43. The third-order valence-corrected chi connectivity index (χ3v) is 5.89. The van der Waals surface area contributed by atoms with Crippen molar-refractivity contribution in [3.63, 3.8) is 0 Å². The first-order valence-corrected chi connectivity index (χ1v) is 9.06. The van der Waals surface area contributed by atoms with Crippen LogP contribution < -0.4 is 4.74 Å². The van der Waals surface area contributed by atoms with Gasteiger partial charge in [-0.15, -0.1) is 12.4 Å². The van der Waals surface area contributed by atoms with Crippen LogP contribution in [-0.4, -0.2) is 37.4 Å². The zero-order valence-electron chi connectivity index (χ0n) is 14.9. The van der Waals surface area contributed by atoms with Gasteiger partial charge in [0, 0.05) is 24.8 Å². The highest BCUT2D eigenvalue weighted by atomic mass is 35.5. The number of rotatable bonds is 5.